The van der Waals surface area contributed by atoms with Crippen molar-refractivity contribution in [2.45, 2.75) is 6.04 Å². The molecule has 0 saturated carbocycles. The number of para-hydroxylation sites is 1. The van der Waals surface area contributed by atoms with Crippen LogP contribution in [0.25, 0.3) is 11.0 Å². The highest BCUT2D eigenvalue weighted by atomic mass is 16.5. The second-order valence-corrected chi connectivity index (χ2v) is 4.12. The van der Waals surface area contributed by atoms with Crippen molar-refractivity contribution in [3.05, 3.63) is 24.3 Å². The van der Waals surface area contributed by atoms with Gasteiger partial charge in [-0.3, -0.25) is 0 Å². The zero-order valence-corrected chi connectivity index (χ0v) is 9.57. The Labute approximate surface area is 103 Å². The maximum atomic E-state index is 11.2. The van der Waals surface area contributed by atoms with Gasteiger partial charge in [-0.1, -0.05) is 17.3 Å². The highest BCUT2D eigenvalue weighted by molar-refractivity contribution is 5.91. The van der Waals surface area contributed by atoms with E-state index in [1.165, 1.54) is 0 Å². The predicted molar refractivity (Wildman–Crippen MR) is 63.6 cm³/mol. The third-order valence-electron chi connectivity index (χ3n) is 3.04. The number of nitrogens with zero attached hydrogens (tertiary/aromatic N) is 2. The average Bonchev–Trinajstić information content (AvgIpc) is 2.82. The second kappa shape index (κ2) is 4.30. The van der Waals surface area contributed by atoms with Gasteiger partial charge >= 0.3 is 5.97 Å². The second-order valence-electron chi connectivity index (χ2n) is 4.12. The van der Waals surface area contributed by atoms with Crippen molar-refractivity contribution in [1.82, 2.24) is 5.16 Å². The van der Waals surface area contributed by atoms with Crippen molar-refractivity contribution in [1.29, 1.82) is 0 Å². The summed E-state index contributed by atoms with van der Waals surface area (Å²) in [5.41, 5.74) is 0.656. The van der Waals surface area contributed by atoms with E-state index in [0.717, 1.165) is 5.39 Å². The fourth-order valence-electron chi connectivity index (χ4n) is 2.14. The number of aromatic nitrogens is 1. The zero-order chi connectivity index (χ0) is 12.5. The zero-order valence-electron chi connectivity index (χ0n) is 9.57. The molecule has 1 aromatic heterocycles. The quantitative estimate of drug-likeness (QED) is 0.858. The molecule has 1 N–H and O–H groups in total. The van der Waals surface area contributed by atoms with Crippen LogP contribution < -0.4 is 4.90 Å². The first-order valence-electron chi connectivity index (χ1n) is 5.69. The lowest BCUT2D eigenvalue weighted by Crippen LogP contribution is -2.50. The summed E-state index contributed by atoms with van der Waals surface area (Å²) in [5.74, 6) is -0.344. The van der Waals surface area contributed by atoms with Crippen molar-refractivity contribution in [3.63, 3.8) is 0 Å². The van der Waals surface area contributed by atoms with Crippen molar-refractivity contribution in [2.75, 3.05) is 24.7 Å². The van der Waals surface area contributed by atoms with E-state index in [2.05, 4.69) is 5.16 Å². The highest BCUT2D eigenvalue weighted by Crippen LogP contribution is 2.28. The number of aliphatic carboxylic acids is 1. The van der Waals surface area contributed by atoms with Crippen LogP contribution in [-0.4, -0.2) is 42.0 Å². The molecule has 2 aromatic rings. The molecule has 1 aliphatic heterocycles. The number of carboxylic acid groups (broad SMARTS) is 1. The van der Waals surface area contributed by atoms with Crippen LogP contribution in [0.15, 0.2) is 28.8 Å². The number of anilines is 1. The standard InChI is InChI=1S/C12H12N2O4/c15-12(16)9-7-17-6-5-14(9)11-8-3-1-2-4-10(8)18-13-11/h1-4,9H,5-7H2,(H,15,16). The maximum Gasteiger partial charge on any atom is 0.328 e. The van der Waals surface area contributed by atoms with Crippen LogP contribution in [0.5, 0.6) is 0 Å². The molecule has 6 heteroatoms. The monoisotopic (exact) mass is 248 g/mol. The van der Waals surface area contributed by atoms with E-state index >= 15 is 0 Å². The molecular formula is C12H12N2O4. The molecule has 18 heavy (non-hydrogen) atoms. The van der Waals surface area contributed by atoms with Crippen molar-refractivity contribution < 1.29 is 19.2 Å². The minimum absolute atomic E-state index is 0.163. The topological polar surface area (TPSA) is 75.8 Å². The molecule has 1 aliphatic rings. The van der Waals surface area contributed by atoms with Crippen LogP contribution in [-0.2, 0) is 9.53 Å². The summed E-state index contributed by atoms with van der Waals surface area (Å²) in [6.45, 7) is 1.15. The lowest BCUT2D eigenvalue weighted by molar-refractivity contribution is -0.141. The molecule has 2 heterocycles. The van der Waals surface area contributed by atoms with E-state index in [1.54, 1.807) is 4.90 Å². The first-order chi connectivity index (χ1) is 8.77. The van der Waals surface area contributed by atoms with Gasteiger partial charge in [0, 0.05) is 6.54 Å². The van der Waals surface area contributed by atoms with Crippen molar-refractivity contribution >= 4 is 22.8 Å². The van der Waals surface area contributed by atoms with Crippen LogP contribution in [0.1, 0.15) is 0 Å². The molecule has 94 valence electrons. The molecule has 0 aliphatic carbocycles. The Kier molecular flexibility index (Phi) is 2.64. The van der Waals surface area contributed by atoms with Gasteiger partial charge in [-0.25, -0.2) is 4.79 Å². The number of carbonyl (C=O) groups is 1. The summed E-state index contributed by atoms with van der Waals surface area (Å²) in [5, 5.41) is 14.0. The van der Waals surface area contributed by atoms with Gasteiger partial charge in [0.1, 0.15) is 0 Å². The largest absolute Gasteiger partial charge is 0.480 e. The van der Waals surface area contributed by atoms with Crippen LogP contribution >= 0.6 is 0 Å². The summed E-state index contributed by atoms with van der Waals surface area (Å²) in [6.07, 6.45) is 0. The number of benzene rings is 1. The summed E-state index contributed by atoms with van der Waals surface area (Å²) >= 11 is 0. The first-order valence-corrected chi connectivity index (χ1v) is 5.69. The molecule has 0 radical (unpaired) electrons. The van der Waals surface area contributed by atoms with Gasteiger partial charge in [0.15, 0.2) is 17.4 Å². The Hall–Kier alpha value is -2.08. The molecule has 1 fully saturated rings. The van der Waals surface area contributed by atoms with Gasteiger partial charge in [-0.15, -0.1) is 0 Å². The molecule has 1 unspecified atom stereocenters. The van der Waals surface area contributed by atoms with Gasteiger partial charge < -0.3 is 19.3 Å². The van der Waals surface area contributed by atoms with Crippen LogP contribution in [0, 0.1) is 0 Å². The summed E-state index contributed by atoms with van der Waals surface area (Å²) in [7, 11) is 0. The molecular weight excluding hydrogens is 236 g/mol. The van der Waals surface area contributed by atoms with E-state index in [9.17, 15) is 9.90 Å². The van der Waals surface area contributed by atoms with E-state index in [-0.39, 0.29) is 6.61 Å². The highest BCUT2D eigenvalue weighted by Gasteiger charge is 2.32. The number of rotatable bonds is 2. The van der Waals surface area contributed by atoms with Crippen LogP contribution in [0.2, 0.25) is 0 Å². The Bertz CT molecular complexity index is 580. The minimum atomic E-state index is -0.915. The van der Waals surface area contributed by atoms with Crippen LogP contribution in [0.3, 0.4) is 0 Å². The van der Waals surface area contributed by atoms with Crippen molar-refractivity contribution in [2.24, 2.45) is 0 Å². The van der Waals surface area contributed by atoms with Gasteiger partial charge in [-0.05, 0) is 12.1 Å². The predicted octanol–water partition coefficient (Wildman–Crippen LogP) is 1.12. The molecule has 0 bridgehead atoms. The van der Waals surface area contributed by atoms with Crippen LogP contribution in [0.4, 0.5) is 5.82 Å². The lowest BCUT2D eigenvalue weighted by Gasteiger charge is -2.32. The minimum Gasteiger partial charge on any atom is -0.480 e. The number of fused-ring (bicyclic) bond motifs is 1. The third kappa shape index (κ3) is 1.70. The summed E-state index contributed by atoms with van der Waals surface area (Å²) in [4.78, 5) is 12.9. The molecule has 6 nitrogen and oxygen atoms in total. The number of carboxylic acids is 1. The van der Waals surface area contributed by atoms with Gasteiger partial charge in [0.2, 0.25) is 0 Å². The molecule has 3 rings (SSSR count). The number of hydrogen-bond donors (Lipinski definition) is 1. The molecule has 0 amide bonds. The Morgan fingerprint density at radius 1 is 1.44 bits per heavy atom. The van der Waals surface area contributed by atoms with Gasteiger partial charge in [0.25, 0.3) is 0 Å². The maximum absolute atomic E-state index is 11.2. The smallest absolute Gasteiger partial charge is 0.328 e. The molecule has 0 spiro atoms. The number of hydrogen-bond acceptors (Lipinski definition) is 5. The van der Waals surface area contributed by atoms with Crippen molar-refractivity contribution in [3.8, 4) is 0 Å². The SMILES string of the molecule is O=C(O)C1COCCN1c1noc2ccccc12. The van der Waals surface area contributed by atoms with E-state index in [4.69, 9.17) is 9.26 Å². The normalized spacial score (nSPS) is 20.2. The van der Waals surface area contributed by atoms with E-state index < -0.39 is 12.0 Å². The fraction of sp³-hybridized carbons (Fsp3) is 0.333. The molecule has 1 aromatic carbocycles. The van der Waals surface area contributed by atoms with Gasteiger partial charge in [-0.2, -0.15) is 0 Å². The van der Waals surface area contributed by atoms with E-state index in [1.807, 2.05) is 24.3 Å². The Morgan fingerprint density at radius 2 is 2.28 bits per heavy atom. The molecule has 1 atom stereocenters. The third-order valence-corrected chi connectivity index (χ3v) is 3.04. The van der Waals surface area contributed by atoms with E-state index in [0.29, 0.717) is 24.6 Å². The first kappa shape index (κ1) is 11.0. The molecule has 1 saturated heterocycles. The Morgan fingerprint density at radius 3 is 3.11 bits per heavy atom. The number of morpholine rings is 1. The van der Waals surface area contributed by atoms with Gasteiger partial charge in [0.05, 0.1) is 18.6 Å². The fourth-order valence-corrected chi connectivity index (χ4v) is 2.14. The Balaban J connectivity index is 2.04. The number of ether oxygens (including phenoxy) is 1. The lowest BCUT2D eigenvalue weighted by atomic mass is 10.2. The average molecular weight is 248 g/mol. The summed E-state index contributed by atoms with van der Waals surface area (Å²) < 4.78 is 10.4. The summed E-state index contributed by atoms with van der Waals surface area (Å²) in [6, 6.07) is 6.69.